The molecule has 1 aromatic carbocycles. The van der Waals surface area contributed by atoms with Crippen molar-refractivity contribution < 1.29 is 5.11 Å². The summed E-state index contributed by atoms with van der Waals surface area (Å²) in [6.07, 6.45) is 2.54. The molecule has 1 saturated heterocycles. The number of rotatable bonds is 1. The fourth-order valence-corrected chi connectivity index (χ4v) is 2.73. The fourth-order valence-electron chi connectivity index (χ4n) is 2.73. The van der Waals surface area contributed by atoms with E-state index >= 15 is 0 Å². The molecule has 0 unspecified atom stereocenters. The van der Waals surface area contributed by atoms with E-state index in [-0.39, 0.29) is 12.0 Å². The largest absolute Gasteiger partial charge is 0.391 e. The van der Waals surface area contributed by atoms with Gasteiger partial charge in [0.15, 0.2) is 0 Å². The molecule has 3 rings (SSSR count). The summed E-state index contributed by atoms with van der Waals surface area (Å²) in [4.78, 5) is 0. The Morgan fingerprint density at radius 2 is 2.29 bits per heavy atom. The molecule has 0 spiro atoms. The van der Waals surface area contributed by atoms with Crippen molar-refractivity contribution in [3.8, 4) is 0 Å². The zero-order valence-corrected chi connectivity index (χ0v) is 9.90. The van der Waals surface area contributed by atoms with E-state index in [4.69, 9.17) is 0 Å². The zero-order chi connectivity index (χ0) is 11.8. The summed E-state index contributed by atoms with van der Waals surface area (Å²) in [6, 6.07) is 4.28. The quantitative estimate of drug-likeness (QED) is 0.693. The predicted molar refractivity (Wildman–Crippen MR) is 67.1 cm³/mol. The Balaban J connectivity index is 2.05. The lowest BCUT2D eigenvalue weighted by molar-refractivity contribution is 0.118. The van der Waals surface area contributed by atoms with Crippen LogP contribution in [0, 0.1) is 6.92 Å². The van der Waals surface area contributed by atoms with Crippen LogP contribution in [0.2, 0.25) is 0 Å². The number of aliphatic hydroxyl groups excluding tert-OH is 1. The first-order valence-electron chi connectivity index (χ1n) is 6.08. The first kappa shape index (κ1) is 10.7. The number of aliphatic hydroxyl groups is 1. The maximum Gasteiger partial charge on any atom is 0.0733 e. The SMILES string of the molecule is Cc1cc2cn[nH]c2cc1[C@H]1CCNC[C@H]1O. The lowest BCUT2D eigenvalue weighted by Crippen LogP contribution is -2.39. The Morgan fingerprint density at radius 3 is 3.12 bits per heavy atom. The molecule has 0 amide bonds. The molecule has 2 aromatic rings. The topological polar surface area (TPSA) is 60.9 Å². The average Bonchev–Trinajstić information content (AvgIpc) is 2.76. The number of hydrogen-bond donors (Lipinski definition) is 3. The van der Waals surface area contributed by atoms with Gasteiger partial charge in [0.05, 0.1) is 17.8 Å². The van der Waals surface area contributed by atoms with Crippen molar-refractivity contribution in [2.75, 3.05) is 13.1 Å². The summed E-state index contributed by atoms with van der Waals surface area (Å²) in [5.41, 5.74) is 3.54. The number of H-pyrrole nitrogens is 1. The zero-order valence-electron chi connectivity index (χ0n) is 9.90. The van der Waals surface area contributed by atoms with Gasteiger partial charge in [-0.1, -0.05) is 0 Å². The number of nitrogens with one attached hydrogen (secondary N) is 2. The lowest BCUT2D eigenvalue weighted by atomic mass is 9.85. The first-order valence-corrected chi connectivity index (χ1v) is 6.08. The van der Waals surface area contributed by atoms with Gasteiger partial charge in [-0.2, -0.15) is 5.10 Å². The van der Waals surface area contributed by atoms with Crippen LogP contribution in [0.1, 0.15) is 23.5 Å². The van der Waals surface area contributed by atoms with Gasteiger partial charge in [-0.3, -0.25) is 5.10 Å². The van der Waals surface area contributed by atoms with Crippen LogP contribution < -0.4 is 5.32 Å². The van der Waals surface area contributed by atoms with Crippen molar-refractivity contribution in [3.63, 3.8) is 0 Å². The van der Waals surface area contributed by atoms with E-state index in [1.54, 1.807) is 0 Å². The monoisotopic (exact) mass is 231 g/mol. The third-order valence-electron chi connectivity index (χ3n) is 3.68. The number of hydrogen-bond acceptors (Lipinski definition) is 3. The van der Waals surface area contributed by atoms with Gasteiger partial charge in [-0.05, 0) is 43.1 Å². The van der Waals surface area contributed by atoms with Gasteiger partial charge in [0.25, 0.3) is 0 Å². The number of piperidine rings is 1. The van der Waals surface area contributed by atoms with E-state index in [0.717, 1.165) is 23.9 Å². The molecule has 2 heterocycles. The van der Waals surface area contributed by atoms with Gasteiger partial charge < -0.3 is 10.4 Å². The molecule has 1 aromatic heterocycles. The summed E-state index contributed by atoms with van der Waals surface area (Å²) < 4.78 is 0. The second-order valence-corrected chi connectivity index (χ2v) is 4.83. The Labute approximate surface area is 100 Å². The second kappa shape index (κ2) is 4.13. The number of benzene rings is 1. The van der Waals surface area contributed by atoms with Crippen LogP contribution in [-0.4, -0.2) is 34.5 Å². The first-order chi connectivity index (χ1) is 8.25. The van der Waals surface area contributed by atoms with Crippen LogP contribution in [0.15, 0.2) is 18.3 Å². The molecule has 0 aliphatic carbocycles. The van der Waals surface area contributed by atoms with Crippen LogP contribution in [0.25, 0.3) is 10.9 Å². The highest BCUT2D eigenvalue weighted by Crippen LogP contribution is 2.30. The molecule has 1 fully saturated rings. The molecular formula is C13H17N3O. The smallest absolute Gasteiger partial charge is 0.0733 e. The highest BCUT2D eigenvalue weighted by Gasteiger charge is 2.25. The number of fused-ring (bicyclic) bond motifs is 1. The predicted octanol–water partition coefficient (Wildman–Crippen LogP) is 1.31. The second-order valence-electron chi connectivity index (χ2n) is 4.83. The summed E-state index contributed by atoms with van der Waals surface area (Å²) >= 11 is 0. The Bertz CT molecular complexity index is 534. The van der Waals surface area contributed by atoms with Gasteiger partial charge in [0, 0.05) is 17.8 Å². The van der Waals surface area contributed by atoms with Gasteiger partial charge >= 0.3 is 0 Å². The van der Waals surface area contributed by atoms with Crippen LogP contribution >= 0.6 is 0 Å². The molecule has 1 aliphatic rings. The van der Waals surface area contributed by atoms with Crippen molar-refractivity contribution in [1.29, 1.82) is 0 Å². The third-order valence-corrected chi connectivity index (χ3v) is 3.68. The van der Waals surface area contributed by atoms with Crippen molar-refractivity contribution in [2.45, 2.75) is 25.4 Å². The molecule has 17 heavy (non-hydrogen) atoms. The number of aromatic nitrogens is 2. The summed E-state index contributed by atoms with van der Waals surface area (Å²) in [6.45, 7) is 3.77. The van der Waals surface area contributed by atoms with Gasteiger partial charge in [0.1, 0.15) is 0 Å². The number of aromatic amines is 1. The minimum absolute atomic E-state index is 0.240. The van der Waals surface area contributed by atoms with Crippen molar-refractivity contribution in [2.24, 2.45) is 0 Å². The molecule has 2 atom stereocenters. The fraction of sp³-hybridized carbons (Fsp3) is 0.462. The maximum absolute atomic E-state index is 10.1. The Morgan fingerprint density at radius 1 is 1.41 bits per heavy atom. The molecule has 90 valence electrons. The molecule has 3 N–H and O–H groups in total. The summed E-state index contributed by atoms with van der Waals surface area (Å²) in [7, 11) is 0. The average molecular weight is 231 g/mol. The van der Waals surface area contributed by atoms with E-state index in [1.807, 2.05) is 6.20 Å². The number of aryl methyl sites for hydroxylation is 1. The van der Waals surface area contributed by atoms with E-state index in [9.17, 15) is 5.11 Å². The highest BCUT2D eigenvalue weighted by atomic mass is 16.3. The van der Waals surface area contributed by atoms with E-state index < -0.39 is 0 Å². The van der Waals surface area contributed by atoms with E-state index in [1.165, 1.54) is 11.1 Å². The van der Waals surface area contributed by atoms with Crippen LogP contribution in [0.3, 0.4) is 0 Å². The van der Waals surface area contributed by atoms with Crippen LogP contribution in [0.4, 0.5) is 0 Å². The number of nitrogens with zero attached hydrogens (tertiary/aromatic N) is 1. The molecule has 4 nitrogen and oxygen atoms in total. The maximum atomic E-state index is 10.1. The molecular weight excluding hydrogens is 214 g/mol. The van der Waals surface area contributed by atoms with Gasteiger partial charge in [-0.25, -0.2) is 0 Å². The molecule has 1 aliphatic heterocycles. The van der Waals surface area contributed by atoms with Gasteiger partial charge in [0.2, 0.25) is 0 Å². The minimum atomic E-state index is -0.289. The summed E-state index contributed by atoms with van der Waals surface area (Å²) in [5.74, 6) is 0.240. The van der Waals surface area contributed by atoms with Crippen molar-refractivity contribution in [1.82, 2.24) is 15.5 Å². The van der Waals surface area contributed by atoms with Gasteiger partial charge in [-0.15, -0.1) is 0 Å². The number of β-amino-alcohol motifs (C(OH)–C–C–N with tert-alkyl or cyclic N) is 1. The standard InChI is InChI=1S/C13H17N3O/c1-8-4-9-6-15-16-12(9)5-11(8)10-2-3-14-7-13(10)17/h4-6,10,13-14,17H,2-3,7H2,1H3,(H,15,16)/t10-,13-/m1/s1. The summed E-state index contributed by atoms with van der Waals surface area (Å²) in [5, 5.41) is 21.5. The van der Waals surface area contributed by atoms with Crippen LogP contribution in [-0.2, 0) is 0 Å². The normalized spacial score (nSPS) is 25.3. The molecule has 0 saturated carbocycles. The Hall–Kier alpha value is -1.39. The highest BCUT2D eigenvalue weighted by molar-refractivity contribution is 5.79. The van der Waals surface area contributed by atoms with Crippen molar-refractivity contribution in [3.05, 3.63) is 29.5 Å². The molecule has 0 radical (unpaired) electrons. The lowest BCUT2D eigenvalue weighted by Gasteiger charge is -2.29. The third kappa shape index (κ3) is 1.83. The van der Waals surface area contributed by atoms with E-state index in [0.29, 0.717) is 6.54 Å². The molecule has 0 bridgehead atoms. The van der Waals surface area contributed by atoms with Crippen molar-refractivity contribution >= 4 is 10.9 Å². The Kier molecular flexibility index (Phi) is 2.61. The minimum Gasteiger partial charge on any atom is -0.391 e. The van der Waals surface area contributed by atoms with E-state index in [2.05, 4.69) is 34.6 Å². The van der Waals surface area contributed by atoms with Crippen LogP contribution in [0.5, 0.6) is 0 Å². The molecule has 4 heteroatoms.